The number of carboxylic acid groups (broad SMARTS) is 1. The van der Waals surface area contributed by atoms with E-state index in [0.717, 1.165) is 6.42 Å². The van der Waals surface area contributed by atoms with Gasteiger partial charge >= 0.3 is 12.0 Å². The number of aromatic carboxylic acids is 1. The van der Waals surface area contributed by atoms with Gasteiger partial charge in [-0.15, -0.1) is 0 Å². The normalized spacial score (nSPS) is 17.9. The maximum absolute atomic E-state index is 12.0. The first-order chi connectivity index (χ1) is 9.51. The number of rotatable bonds is 3. The molecule has 7 heteroatoms. The van der Waals surface area contributed by atoms with Gasteiger partial charge < -0.3 is 25.8 Å². The molecule has 0 radical (unpaired) electrons. The third-order valence-electron chi connectivity index (χ3n) is 3.20. The van der Waals surface area contributed by atoms with Crippen molar-refractivity contribution in [2.45, 2.75) is 12.5 Å². The quantitative estimate of drug-likeness (QED) is 0.764. The van der Waals surface area contributed by atoms with Crippen molar-refractivity contribution < 1.29 is 19.4 Å². The summed E-state index contributed by atoms with van der Waals surface area (Å²) < 4.78 is 5.01. The molecule has 1 aliphatic heterocycles. The van der Waals surface area contributed by atoms with E-state index in [9.17, 15) is 9.59 Å². The zero-order valence-corrected chi connectivity index (χ0v) is 11.1. The lowest BCUT2D eigenvalue weighted by molar-refractivity contribution is 0.0693. The Morgan fingerprint density at radius 3 is 2.80 bits per heavy atom. The largest absolute Gasteiger partial charge is 0.496 e. The summed E-state index contributed by atoms with van der Waals surface area (Å²) in [6, 6.07) is 4.18. The number of hydrogen-bond donors (Lipinski definition) is 3. The standard InChI is InChI=1S/C13H17N3O4/c1-20-11-6-9(2-3-10(11)12(17)18)15-13(19)16-5-4-8(14)7-16/h2-3,6,8H,4-5,7,14H2,1H3,(H,15,19)(H,17,18). The number of ether oxygens (including phenoxy) is 1. The summed E-state index contributed by atoms with van der Waals surface area (Å²) in [7, 11) is 1.38. The molecule has 1 atom stereocenters. The monoisotopic (exact) mass is 279 g/mol. The molecule has 0 aromatic heterocycles. The number of nitrogens with zero attached hydrogens (tertiary/aromatic N) is 1. The minimum Gasteiger partial charge on any atom is -0.496 e. The lowest BCUT2D eigenvalue weighted by Gasteiger charge is -2.17. The Bertz CT molecular complexity index is 532. The molecule has 0 spiro atoms. The molecule has 0 bridgehead atoms. The Balaban J connectivity index is 2.10. The van der Waals surface area contributed by atoms with Crippen LogP contribution in [0.3, 0.4) is 0 Å². The van der Waals surface area contributed by atoms with Crippen LogP contribution in [0.2, 0.25) is 0 Å². The molecule has 1 aromatic carbocycles. The van der Waals surface area contributed by atoms with E-state index in [1.807, 2.05) is 0 Å². The van der Waals surface area contributed by atoms with Gasteiger partial charge in [-0.2, -0.15) is 0 Å². The summed E-state index contributed by atoms with van der Waals surface area (Å²) in [6.07, 6.45) is 0.786. The van der Waals surface area contributed by atoms with E-state index in [-0.39, 0.29) is 23.4 Å². The number of benzene rings is 1. The van der Waals surface area contributed by atoms with Crippen molar-refractivity contribution in [1.82, 2.24) is 4.90 Å². The SMILES string of the molecule is COc1cc(NC(=O)N2CCC(N)C2)ccc1C(=O)O. The van der Waals surface area contributed by atoms with Crippen molar-refractivity contribution in [3.63, 3.8) is 0 Å². The van der Waals surface area contributed by atoms with E-state index in [1.54, 1.807) is 4.90 Å². The summed E-state index contributed by atoms with van der Waals surface area (Å²) in [6.45, 7) is 1.15. The van der Waals surface area contributed by atoms with Gasteiger partial charge in [0.15, 0.2) is 0 Å². The Labute approximate surface area is 116 Å². The van der Waals surface area contributed by atoms with Crippen molar-refractivity contribution in [3.05, 3.63) is 23.8 Å². The van der Waals surface area contributed by atoms with E-state index in [2.05, 4.69) is 5.32 Å². The Hall–Kier alpha value is -2.28. The van der Waals surface area contributed by atoms with Crippen molar-refractivity contribution in [2.24, 2.45) is 5.73 Å². The molecule has 1 unspecified atom stereocenters. The first-order valence-electron chi connectivity index (χ1n) is 6.24. The van der Waals surface area contributed by atoms with Crippen molar-refractivity contribution >= 4 is 17.7 Å². The summed E-state index contributed by atoms with van der Waals surface area (Å²) in [5.41, 5.74) is 6.28. The van der Waals surface area contributed by atoms with E-state index in [4.69, 9.17) is 15.6 Å². The average Bonchev–Trinajstić information content (AvgIpc) is 2.85. The predicted octanol–water partition coefficient (Wildman–Crippen LogP) is 0.958. The van der Waals surface area contributed by atoms with Crippen LogP contribution in [0.15, 0.2) is 18.2 Å². The van der Waals surface area contributed by atoms with Gasteiger partial charge in [-0.25, -0.2) is 9.59 Å². The average molecular weight is 279 g/mol. The Morgan fingerprint density at radius 1 is 1.50 bits per heavy atom. The second-order valence-corrected chi connectivity index (χ2v) is 4.65. The van der Waals surface area contributed by atoms with E-state index >= 15 is 0 Å². The molecule has 1 heterocycles. The molecule has 4 N–H and O–H groups in total. The van der Waals surface area contributed by atoms with Crippen LogP contribution in [-0.4, -0.2) is 48.2 Å². The van der Waals surface area contributed by atoms with Crippen molar-refractivity contribution in [1.29, 1.82) is 0 Å². The number of hydrogen-bond acceptors (Lipinski definition) is 4. The molecule has 1 aromatic rings. The van der Waals surface area contributed by atoms with Crippen molar-refractivity contribution in [3.8, 4) is 5.75 Å². The lowest BCUT2D eigenvalue weighted by atomic mass is 10.2. The van der Waals surface area contributed by atoms with Gasteiger partial charge in [0.2, 0.25) is 0 Å². The van der Waals surface area contributed by atoms with Crippen LogP contribution < -0.4 is 15.8 Å². The molecule has 20 heavy (non-hydrogen) atoms. The number of carbonyl (C=O) groups is 2. The topological polar surface area (TPSA) is 105 Å². The van der Waals surface area contributed by atoms with E-state index < -0.39 is 5.97 Å². The number of carboxylic acids is 1. The van der Waals surface area contributed by atoms with Crippen LogP contribution in [-0.2, 0) is 0 Å². The number of methoxy groups -OCH3 is 1. The highest BCUT2D eigenvalue weighted by Crippen LogP contribution is 2.23. The first-order valence-corrected chi connectivity index (χ1v) is 6.24. The number of amides is 2. The maximum Gasteiger partial charge on any atom is 0.339 e. The second-order valence-electron chi connectivity index (χ2n) is 4.65. The zero-order valence-electron chi connectivity index (χ0n) is 11.1. The molecular weight excluding hydrogens is 262 g/mol. The third kappa shape index (κ3) is 3.00. The lowest BCUT2D eigenvalue weighted by Crippen LogP contribution is -2.35. The van der Waals surface area contributed by atoms with Crippen LogP contribution in [0, 0.1) is 0 Å². The summed E-state index contributed by atoms with van der Waals surface area (Å²) >= 11 is 0. The Kier molecular flexibility index (Phi) is 4.09. The number of likely N-dealkylation sites (tertiary alicyclic amines) is 1. The van der Waals surface area contributed by atoms with Crippen LogP contribution in [0.25, 0.3) is 0 Å². The van der Waals surface area contributed by atoms with Crippen LogP contribution in [0.1, 0.15) is 16.8 Å². The predicted molar refractivity (Wildman–Crippen MR) is 73.1 cm³/mol. The summed E-state index contributed by atoms with van der Waals surface area (Å²) in [4.78, 5) is 24.6. The smallest absolute Gasteiger partial charge is 0.339 e. The number of urea groups is 1. The summed E-state index contributed by atoms with van der Waals surface area (Å²) in [5, 5.41) is 11.7. The third-order valence-corrected chi connectivity index (χ3v) is 3.20. The van der Waals surface area contributed by atoms with E-state index in [1.165, 1.54) is 25.3 Å². The minimum absolute atomic E-state index is 0.0182. The van der Waals surface area contributed by atoms with Crippen LogP contribution in [0.4, 0.5) is 10.5 Å². The molecule has 2 rings (SSSR count). The van der Waals surface area contributed by atoms with Gasteiger partial charge in [0.05, 0.1) is 7.11 Å². The first kappa shape index (κ1) is 14.1. The maximum atomic E-state index is 12.0. The van der Waals surface area contributed by atoms with E-state index in [0.29, 0.717) is 18.8 Å². The van der Waals surface area contributed by atoms with Gasteiger partial charge in [-0.3, -0.25) is 0 Å². The number of nitrogens with two attached hydrogens (primary N) is 1. The highest BCUT2D eigenvalue weighted by atomic mass is 16.5. The number of nitrogens with one attached hydrogen (secondary N) is 1. The Morgan fingerprint density at radius 2 is 2.25 bits per heavy atom. The van der Waals surface area contributed by atoms with Gasteiger partial charge in [0.1, 0.15) is 11.3 Å². The van der Waals surface area contributed by atoms with Gasteiger partial charge in [0, 0.05) is 30.9 Å². The fourth-order valence-corrected chi connectivity index (χ4v) is 2.12. The second kappa shape index (κ2) is 5.79. The zero-order chi connectivity index (χ0) is 14.7. The van der Waals surface area contributed by atoms with Gasteiger partial charge in [0.25, 0.3) is 0 Å². The molecule has 7 nitrogen and oxygen atoms in total. The van der Waals surface area contributed by atoms with Crippen molar-refractivity contribution in [2.75, 3.05) is 25.5 Å². The fraction of sp³-hybridized carbons (Fsp3) is 0.385. The molecule has 0 aliphatic carbocycles. The van der Waals surface area contributed by atoms with Crippen LogP contribution in [0.5, 0.6) is 5.75 Å². The summed E-state index contributed by atoms with van der Waals surface area (Å²) in [5.74, 6) is -0.876. The molecule has 1 fully saturated rings. The number of carbonyl (C=O) groups excluding carboxylic acids is 1. The molecule has 2 amide bonds. The molecule has 1 saturated heterocycles. The highest BCUT2D eigenvalue weighted by Gasteiger charge is 2.23. The molecule has 0 saturated carbocycles. The fourth-order valence-electron chi connectivity index (χ4n) is 2.12. The highest BCUT2D eigenvalue weighted by molar-refractivity contribution is 5.94. The van der Waals surface area contributed by atoms with Gasteiger partial charge in [-0.05, 0) is 18.6 Å². The van der Waals surface area contributed by atoms with Gasteiger partial charge in [-0.1, -0.05) is 0 Å². The molecular formula is C13H17N3O4. The molecule has 1 aliphatic rings. The van der Waals surface area contributed by atoms with Crippen LogP contribution >= 0.6 is 0 Å². The minimum atomic E-state index is -1.08. The number of anilines is 1. The molecule has 108 valence electrons.